The van der Waals surface area contributed by atoms with E-state index >= 15 is 0 Å². The second kappa shape index (κ2) is 3.82. The van der Waals surface area contributed by atoms with Crippen molar-refractivity contribution in [2.45, 2.75) is 19.8 Å². The Balaban J connectivity index is 1.80. The van der Waals surface area contributed by atoms with Gasteiger partial charge in [-0.2, -0.15) is 0 Å². The Morgan fingerprint density at radius 2 is 2.00 bits per heavy atom. The van der Waals surface area contributed by atoms with Gasteiger partial charge < -0.3 is 5.32 Å². The van der Waals surface area contributed by atoms with E-state index in [1.165, 1.54) is 18.5 Å². The predicted molar refractivity (Wildman–Crippen MR) is 56.8 cm³/mol. The Morgan fingerprint density at radius 1 is 1.23 bits per heavy atom. The minimum atomic E-state index is 0.903. The van der Waals surface area contributed by atoms with Crippen LogP contribution in [0, 0.1) is 11.8 Å². The molecule has 0 bridgehead atoms. The van der Waals surface area contributed by atoms with Crippen LogP contribution in [0.3, 0.4) is 0 Å². The Morgan fingerprint density at radius 3 is 2.54 bits per heavy atom. The van der Waals surface area contributed by atoms with Crippen LogP contribution in [0.1, 0.15) is 19.8 Å². The van der Waals surface area contributed by atoms with Crippen LogP contribution in [0.4, 0.5) is 5.69 Å². The molecule has 0 unspecified atom stereocenters. The van der Waals surface area contributed by atoms with E-state index in [0.717, 1.165) is 18.4 Å². The molecule has 0 saturated heterocycles. The summed E-state index contributed by atoms with van der Waals surface area (Å²) in [6, 6.07) is 10.5. The van der Waals surface area contributed by atoms with Crippen molar-refractivity contribution in [2.75, 3.05) is 11.9 Å². The van der Waals surface area contributed by atoms with Gasteiger partial charge in [-0.1, -0.05) is 31.5 Å². The standard InChI is InChI=1S/C12H17N/c1-10-7-8-11(10)9-13-12-5-3-2-4-6-12/h2-6,10-11,13H,7-9H2,1H3/t10-,11-/m1/s1. The van der Waals surface area contributed by atoms with Crippen LogP contribution >= 0.6 is 0 Å². The third kappa shape index (κ3) is 2.03. The molecule has 1 heteroatoms. The molecule has 1 aromatic carbocycles. The average Bonchev–Trinajstić information content (AvgIpc) is 2.17. The Bertz CT molecular complexity index is 255. The fraction of sp³-hybridized carbons (Fsp3) is 0.500. The topological polar surface area (TPSA) is 12.0 Å². The van der Waals surface area contributed by atoms with Crippen LogP contribution in [0.15, 0.2) is 30.3 Å². The van der Waals surface area contributed by atoms with Crippen molar-refractivity contribution in [3.63, 3.8) is 0 Å². The van der Waals surface area contributed by atoms with Gasteiger partial charge in [0.1, 0.15) is 0 Å². The molecule has 1 nitrogen and oxygen atoms in total. The third-order valence-electron chi connectivity index (χ3n) is 3.14. The van der Waals surface area contributed by atoms with Crippen LogP contribution < -0.4 is 5.32 Å². The molecule has 0 spiro atoms. The second-order valence-corrected chi connectivity index (χ2v) is 4.06. The van der Waals surface area contributed by atoms with E-state index in [2.05, 4.69) is 42.6 Å². The van der Waals surface area contributed by atoms with Gasteiger partial charge >= 0.3 is 0 Å². The molecule has 1 aliphatic rings. The smallest absolute Gasteiger partial charge is 0.0340 e. The predicted octanol–water partition coefficient (Wildman–Crippen LogP) is 3.14. The molecule has 2 atom stereocenters. The van der Waals surface area contributed by atoms with E-state index < -0.39 is 0 Å². The quantitative estimate of drug-likeness (QED) is 0.744. The summed E-state index contributed by atoms with van der Waals surface area (Å²) in [5.41, 5.74) is 1.25. The lowest BCUT2D eigenvalue weighted by atomic mass is 9.75. The summed E-state index contributed by atoms with van der Waals surface area (Å²) < 4.78 is 0. The molecular formula is C12H17N. The summed E-state index contributed by atoms with van der Waals surface area (Å²) in [6.45, 7) is 3.49. The summed E-state index contributed by atoms with van der Waals surface area (Å²) in [7, 11) is 0. The Kier molecular flexibility index (Phi) is 2.53. The van der Waals surface area contributed by atoms with Crippen LogP contribution in [-0.2, 0) is 0 Å². The van der Waals surface area contributed by atoms with E-state index in [9.17, 15) is 0 Å². The van der Waals surface area contributed by atoms with Crippen molar-refractivity contribution in [2.24, 2.45) is 11.8 Å². The lowest BCUT2D eigenvalue weighted by molar-refractivity contribution is 0.210. The van der Waals surface area contributed by atoms with Gasteiger partial charge in [-0.3, -0.25) is 0 Å². The second-order valence-electron chi connectivity index (χ2n) is 4.06. The van der Waals surface area contributed by atoms with Gasteiger partial charge in [0.2, 0.25) is 0 Å². The molecule has 0 radical (unpaired) electrons. The number of para-hydroxylation sites is 1. The van der Waals surface area contributed by atoms with Crippen molar-refractivity contribution >= 4 is 5.69 Å². The average molecular weight is 175 g/mol. The molecule has 0 heterocycles. The highest BCUT2D eigenvalue weighted by Gasteiger charge is 2.25. The minimum absolute atomic E-state index is 0.903. The highest BCUT2D eigenvalue weighted by molar-refractivity contribution is 5.42. The summed E-state index contributed by atoms with van der Waals surface area (Å²) >= 11 is 0. The first-order chi connectivity index (χ1) is 6.36. The monoisotopic (exact) mass is 175 g/mol. The van der Waals surface area contributed by atoms with E-state index in [1.54, 1.807) is 0 Å². The first-order valence-electron chi connectivity index (χ1n) is 5.15. The number of hydrogen-bond donors (Lipinski definition) is 1. The number of rotatable bonds is 3. The molecule has 0 amide bonds. The van der Waals surface area contributed by atoms with Crippen LogP contribution in [0.25, 0.3) is 0 Å². The fourth-order valence-corrected chi connectivity index (χ4v) is 1.84. The number of hydrogen-bond acceptors (Lipinski definition) is 1. The normalized spacial score (nSPS) is 26.5. The van der Waals surface area contributed by atoms with Crippen LogP contribution in [0.2, 0.25) is 0 Å². The Labute approximate surface area is 80.2 Å². The van der Waals surface area contributed by atoms with Gasteiger partial charge in [0.15, 0.2) is 0 Å². The SMILES string of the molecule is C[C@@H]1CC[C@@H]1CNc1ccccc1. The van der Waals surface area contributed by atoms with E-state index in [0.29, 0.717) is 0 Å². The Hall–Kier alpha value is -0.980. The maximum absolute atomic E-state index is 3.48. The molecule has 0 aromatic heterocycles. The minimum Gasteiger partial charge on any atom is -0.385 e. The van der Waals surface area contributed by atoms with Gasteiger partial charge in [0.05, 0.1) is 0 Å². The van der Waals surface area contributed by atoms with E-state index in [1.807, 2.05) is 0 Å². The lowest BCUT2D eigenvalue weighted by Crippen LogP contribution is -2.29. The third-order valence-corrected chi connectivity index (χ3v) is 3.14. The summed E-state index contributed by atoms with van der Waals surface area (Å²) in [6.07, 6.45) is 2.82. The first kappa shape index (κ1) is 8.61. The number of benzene rings is 1. The zero-order chi connectivity index (χ0) is 9.10. The molecule has 0 aliphatic heterocycles. The zero-order valence-electron chi connectivity index (χ0n) is 8.16. The maximum atomic E-state index is 3.48. The van der Waals surface area contributed by atoms with Crippen LogP contribution in [0.5, 0.6) is 0 Å². The van der Waals surface area contributed by atoms with Crippen molar-refractivity contribution in [3.05, 3.63) is 30.3 Å². The highest BCUT2D eigenvalue weighted by Crippen LogP contribution is 2.33. The van der Waals surface area contributed by atoms with Gasteiger partial charge in [-0.25, -0.2) is 0 Å². The molecule has 2 rings (SSSR count). The molecular weight excluding hydrogens is 158 g/mol. The van der Waals surface area contributed by atoms with Crippen molar-refractivity contribution in [1.29, 1.82) is 0 Å². The molecule has 1 aromatic rings. The van der Waals surface area contributed by atoms with Crippen molar-refractivity contribution in [3.8, 4) is 0 Å². The number of anilines is 1. The largest absolute Gasteiger partial charge is 0.385 e. The fourth-order valence-electron chi connectivity index (χ4n) is 1.84. The maximum Gasteiger partial charge on any atom is 0.0340 e. The van der Waals surface area contributed by atoms with Crippen molar-refractivity contribution < 1.29 is 0 Å². The highest BCUT2D eigenvalue weighted by atomic mass is 14.9. The van der Waals surface area contributed by atoms with E-state index in [-0.39, 0.29) is 0 Å². The molecule has 13 heavy (non-hydrogen) atoms. The summed E-state index contributed by atoms with van der Waals surface area (Å²) in [5.74, 6) is 1.83. The molecule has 1 aliphatic carbocycles. The lowest BCUT2D eigenvalue weighted by Gasteiger charge is -2.34. The first-order valence-corrected chi connectivity index (χ1v) is 5.15. The van der Waals surface area contributed by atoms with Crippen LogP contribution in [-0.4, -0.2) is 6.54 Å². The van der Waals surface area contributed by atoms with Gasteiger partial charge in [0.25, 0.3) is 0 Å². The van der Waals surface area contributed by atoms with Gasteiger partial charge in [0, 0.05) is 12.2 Å². The molecule has 1 saturated carbocycles. The number of nitrogens with one attached hydrogen (secondary N) is 1. The van der Waals surface area contributed by atoms with Gasteiger partial charge in [-0.15, -0.1) is 0 Å². The molecule has 1 fully saturated rings. The zero-order valence-corrected chi connectivity index (χ0v) is 8.16. The van der Waals surface area contributed by atoms with Gasteiger partial charge in [-0.05, 0) is 30.4 Å². The van der Waals surface area contributed by atoms with E-state index in [4.69, 9.17) is 0 Å². The molecule has 1 N–H and O–H groups in total. The summed E-state index contributed by atoms with van der Waals surface area (Å²) in [4.78, 5) is 0. The van der Waals surface area contributed by atoms with Crippen molar-refractivity contribution in [1.82, 2.24) is 0 Å². The summed E-state index contributed by atoms with van der Waals surface area (Å²) in [5, 5.41) is 3.48. The molecule has 70 valence electrons.